The molecule has 4 amide bonds. The lowest BCUT2D eigenvalue weighted by Gasteiger charge is -2.30. The van der Waals surface area contributed by atoms with Crippen LogP contribution in [0, 0.1) is 0 Å². The number of carbonyl (C=O) groups is 4. The zero-order valence-corrected chi connectivity index (χ0v) is 15.9. The van der Waals surface area contributed by atoms with Crippen molar-refractivity contribution in [1.29, 1.82) is 0 Å². The standard InChI is InChI=1S/C20H19N3O7/c24-13-10-15(30-14-7-3-2-6-12(13)14)17(26)29-11-16(25)22-23-18(27)20(21-19(23)28)8-4-1-5-9-20/h2-3,6-7,10H,1,4-5,8-9,11H2,(H,21,28)(H,22,25). The number of benzene rings is 1. The molecule has 1 saturated heterocycles. The van der Waals surface area contributed by atoms with Gasteiger partial charge in [0.05, 0.1) is 5.39 Å². The highest BCUT2D eigenvalue weighted by atomic mass is 16.5. The number of amides is 4. The van der Waals surface area contributed by atoms with Gasteiger partial charge < -0.3 is 14.5 Å². The third-order valence-electron chi connectivity index (χ3n) is 5.28. The fraction of sp³-hybridized carbons (Fsp3) is 0.350. The first-order valence-corrected chi connectivity index (χ1v) is 9.56. The van der Waals surface area contributed by atoms with Gasteiger partial charge in [0.25, 0.3) is 11.8 Å². The predicted octanol–water partition coefficient (Wildman–Crippen LogP) is 1.24. The summed E-state index contributed by atoms with van der Waals surface area (Å²) in [6.07, 6.45) is 3.63. The van der Waals surface area contributed by atoms with Crippen molar-refractivity contribution < 1.29 is 28.3 Å². The first kappa shape index (κ1) is 19.6. The van der Waals surface area contributed by atoms with Crippen molar-refractivity contribution in [3.05, 3.63) is 46.3 Å². The molecule has 10 heteroatoms. The average Bonchev–Trinajstić information content (AvgIpc) is 2.96. The monoisotopic (exact) mass is 413 g/mol. The number of para-hydroxylation sites is 1. The third kappa shape index (κ3) is 3.51. The number of rotatable bonds is 4. The van der Waals surface area contributed by atoms with E-state index in [0.29, 0.717) is 23.2 Å². The molecule has 0 unspecified atom stereocenters. The van der Waals surface area contributed by atoms with Crippen LogP contribution >= 0.6 is 0 Å². The number of nitrogens with one attached hydrogen (secondary N) is 2. The summed E-state index contributed by atoms with van der Waals surface area (Å²) in [6, 6.07) is 6.65. The molecule has 1 aromatic carbocycles. The van der Waals surface area contributed by atoms with Crippen LogP contribution in [0.3, 0.4) is 0 Å². The Labute approximate surface area is 170 Å². The van der Waals surface area contributed by atoms with E-state index in [0.717, 1.165) is 25.3 Å². The highest BCUT2D eigenvalue weighted by Crippen LogP contribution is 2.32. The predicted molar refractivity (Wildman–Crippen MR) is 102 cm³/mol. The van der Waals surface area contributed by atoms with Crippen molar-refractivity contribution in [2.45, 2.75) is 37.6 Å². The Bertz CT molecular complexity index is 1100. The second kappa shape index (κ2) is 7.62. The Balaban J connectivity index is 1.38. The van der Waals surface area contributed by atoms with Gasteiger partial charge in [-0.15, -0.1) is 0 Å². The molecule has 2 aromatic rings. The molecule has 10 nitrogen and oxygen atoms in total. The summed E-state index contributed by atoms with van der Waals surface area (Å²) in [5.74, 6) is -2.77. The minimum absolute atomic E-state index is 0.207. The maximum Gasteiger partial charge on any atom is 0.374 e. The van der Waals surface area contributed by atoms with Crippen LogP contribution in [-0.4, -0.2) is 41.0 Å². The molecular weight excluding hydrogens is 394 g/mol. The minimum atomic E-state index is -1.02. The molecule has 2 N–H and O–H groups in total. The number of carbonyl (C=O) groups excluding carboxylic acids is 4. The number of esters is 1. The molecule has 0 atom stereocenters. The van der Waals surface area contributed by atoms with E-state index < -0.39 is 41.4 Å². The molecule has 156 valence electrons. The summed E-state index contributed by atoms with van der Waals surface area (Å²) in [7, 11) is 0. The first-order valence-electron chi connectivity index (χ1n) is 9.56. The molecule has 0 bridgehead atoms. The SMILES string of the molecule is O=C(COC(=O)c1cc(=O)c2ccccc2o1)NN1C(=O)NC2(CCCCC2)C1=O. The number of hydrogen-bond donors (Lipinski definition) is 2. The summed E-state index contributed by atoms with van der Waals surface area (Å²) < 4.78 is 10.2. The molecule has 2 fully saturated rings. The number of ether oxygens (including phenoxy) is 1. The van der Waals surface area contributed by atoms with Crippen LogP contribution in [0.4, 0.5) is 4.79 Å². The van der Waals surface area contributed by atoms with Gasteiger partial charge in [0, 0.05) is 6.07 Å². The molecule has 2 heterocycles. The third-order valence-corrected chi connectivity index (χ3v) is 5.28. The van der Waals surface area contributed by atoms with Crippen LogP contribution in [0.1, 0.15) is 42.7 Å². The van der Waals surface area contributed by atoms with Crippen molar-refractivity contribution in [2.24, 2.45) is 0 Å². The molecule has 2 aliphatic rings. The van der Waals surface area contributed by atoms with E-state index in [4.69, 9.17) is 9.15 Å². The molecule has 0 radical (unpaired) electrons. The van der Waals surface area contributed by atoms with Gasteiger partial charge >= 0.3 is 12.0 Å². The van der Waals surface area contributed by atoms with Gasteiger partial charge in [0.1, 0.15) is 11.1 Å². The van der Waals surface area contributed by atoms with Crippen LogP contribution in [-0.2, 0) is 14.3 Å². The first-order chi connectivity index (χ1) is 14.4. The maximum absolute atomic E-state index is 12.6. The summed E-state index contributed by atoms with van der Waals surface area (Å²) in [5.41, 5.74) is 0.964. The second-order valence-electron chi connectivity index (χ2n) is 7.30. The number of urea groups is 1. The zero-order valence-electron chi connectivity index (χ0n) is 15.9. The van der Waals surface area contributed by atoms with E-state index in [-0.39, 0.29) is 11.3 Å². The van der Waals surface area contributed by atoms with Gasteiger partial charge in [-0.05, 0) is 25.0 Å². The molecule has 1 aliphatic carbocycles. The van der Waals surface area contributed by atoms with Crippen LogP contribution < -0.4 is 16.2 Å². The maximum atomic E-state index is 12.6. The van der Waals surface area contributed by atoms with E-state index in [2.05, 4.69) is 10.7 Å². The number of fused-ring (bicyclic) bond motifs is 1. The second-order valence-corrected chi connectivity index (χ2v) is 7.30. The number of hydrogen-bond acceptors (Lipinski definition) is 7. The highest BCUT2D eigenvalue weighted by molar-refractivity contribution is 6.08. The highest BCUT2D eigenvalue weighted by Gasteiger charge is 2.52. The molecule has 30 heavy (non-hydrogen) atoms. The van der Waals surface area contributed by atoms with E-state index in [1.807, 2.05) is 0 Å². The van der Waals surface area contributed by atoms with Crippen LogP contribution in [0.2, 0.25) is 0 Å². The zero-order chi connectivity index (χ0) is 21.3. The Morgan fingerprint density at radius 2 is 1.87 bits per heavy atom. The van der Waals surface area contributed by atoms with Crippen LogP contribution in [0.5, 0.6) is 0 Å². The largest absolute Gasteiger partial charge is 0.450 e. The summed E-state index contributed by atoms with van der Waals surface area (Å²) in [5, 5.41) is 3.58. The Morgan fingerprint density at radius 1 is 1.13 bits per heavy atom. The molecule has 1 aromatic heterocycles. The summed E-state index contributed by atoms with van der Waals surface area (Å²) >= 11 is 0. The average molecular weight is 413 g/mol. The van der Waals surface area contributed by atoms with Crippen molar-refractivity contribution >= 4 is 34.8 Å². The minimum Gasteiger partial charge on any atom is -0.450 e. The van der Waals surface area contributed by atoms with Gasteiger partial charge in [0.15, 0.2) is 12.0 Å². The van der Waals surface area contributed by atoms with Crippen molar-refractivity contribution in [2.75, 3.05) is 6.61 Å². The van der Waals surface area contributed by atoms with Crippen LogP contribution in [0.25, 0.3) is 11.0 Å². The lowest BCUT2D eigenvalue weighted by atomic mass is 9.82. The van der Waals surface area contributed by atoms with E-state index >= 15 is 0 Å². The van der Waals surface area contributed by atoms with Gasteiger partial charge in [-0.2, -0.15) is 5.01 Å². The Hall–Kier alpha value is -3.69. The van der Waals surface area contributed by atoms with E-state index in [1.165, 1.54) is 6.07 Å². The van der Waals surface area contributed by atoms with Gasteiger partial charge in [0.2, 0.25) is 5.76 Å². The molecule has 1 saturated carbocycles. The lowest BCUT2D eigenvalue weighted by Crippen LogP contribution is -2.51. The fourth-order valence-corrected chi connectivity index (χ4v) is 3.78. The normalized spacial score (nSPS) is 17.8. The fourth-order valence-electron chi connectivity index (χ4n) is 3.78. The molecule has 1 aliphatic heterocycles. The Kier molecular flexibility index (Phi) is 4.98. The van der Waals surface area contributed by atoms with Crippen molar-refractivity contribution in [1.82, 2.24) is 15.8 Å². The van der Waals surface area contributed by atoms with Gasteiger partial charge in [-0.25, -0.2) is 9.59 Å². The smallest absolute Gasteiger partial charge is 0.374 e. The Morgan fingerprint density at radius 3 is 2.63 bits per heavy atom. The lowest BCUT2D eigenvalue weighted by molar-refractivity contribution is -0.140. The van der Waals surface area contributed by atoms with Gasteiger partial charge in [-0.3, -0.25) is 19.8 Å². The topological polar surface area (TPSA) is 135 Å². The molecule has 1 spiro atoms. The van der Waals surface area contributed by atoms with Crippen molar-refractivity contribution in [3.63, 3.8) is 0 Å². The van der Waals surface area contributed by atoms with Crippen molar-refractivity contribution in [3.8, 4) is 0 Å². The number of nitrogens with zero attached hydrogens (tertiary/aromatic N) is 1. The number of hydrazine groups is 1. The van der Waals surface area contributed by atoms with Gasteiger partial charge in [-0.1, -0.05) is 31.4 Å². The molecular formula is C20H19N3O7. The quantitative estimate of drug-likeness (QED) is 0.569. The van der Waals surface area contributed by atoms with Crippen LogP contribution in [0.15, 0.2) is 39.5 Å². The van der Waals surface area contributed by atoms with E-state index in [9.17, 15) is 24.0 Å². The summed E-state index contributed by atoms with van der Waals surface area (Å²) in [4.78, 5) is 61.1. The van der Waals surface area contributed by atoms with E-state index in [1.54, 1.807) is 18.2 Å². The number of imide groups is 1. The summed E-state index contributed by atoms with van der Waals surface area (Å²) in [6.45, 7) is -0.764. The molecule has 4 rings (SSSR count).